The van der Waals surface area contributed by atoms with Gasteiger partial charge in [0.2, 0.25) is 15.9 Å². The van der Waals surface area contributed by atoms with Crippen LogP contribution in [0.25, 0.3) is 0 Å². The van der Waals surface area contributed by atoms with Crippen LogP contribution in [0.1, 0.15) is 12.5 Å². The molecule has 26 heavy (non-hydrogen) atoms. The van der Waals surface area contributed by atoms with Crippen LogP contribution >= 0.6 is 0 Å². The summed E-state index contributed by atoms with van der Waals surface area (Å²) in [6.45, 7) is 2.76. The second-order valence-electron chi connectivity index (χ2n) is 5.70. The van der Waals surface area contributed by atoms with Crippen molar-refractivity contribution in [2.75, 3.05) is 25.1 Å². The van der Waals surface area contributed by atoms with Gasteiger partial charge in [-0.15, -0.1) is 0 Å². The summed E-state index contributed by atoms with van der Waals surface area (Å²) < 4.78 is 38.2. The fourth-order valence-corrected chi connectivity index (χ4v) is 3.68. The molecular weight excluding hydrogens is 356 g/mol. The summed E-state index contributed by atoms with van der Waals surface area (Å²) in [7, 11) is -3.66. The molecule has 0 aromatic heterocycles. The Hall–Kier alpha value is -2.58. The van der Waals surface area contributed by atoms with E-state index in [4.69, 9.17) is 9.47 Å². The summed E-state index contributed by atoms with van der Waals surface area (Å²) in [6.07, 6.45) is 0.192. The molecule has 138 valence electrons. The summed E-state index contributed by atoms with van der Waals surface area (Å²) >= 11 is 0. The number of hydrogen-bond acceptors (Lipinski definition) is 5. The zero-order chi connectivity index (χ0) is 18.6. The van der Waals surface area contributed by atoms with Gasteiger partial charge in [-0.1, -0.05) is 6.07 Å². The lowest BCUT2D eigenvalue weighted by Crippen LogP contribution is -2.28. The van der Waals surface area contributed by atoms with Gasteiger partial charge in [0.25, 0.3) is 0 Å². The molecule has 1 heterocycles. The summed E-state index contributed by atoms with van der Waals surface area (Å²) in [5, 5.41) is 2.68. The highest BCUT2D eigenvalue weighted by molar-refractivity contribution is 7.89. The van der Waals surface area contributed by atoms with Gasteiger partial charge in [-0.3, -0.25) is 4.79 Å². The van der Waals surface area contributed by atoms with Crippen molar-refractivity contribution in [2.24, 2.45) is 0 Å². The molecule has 7 nitrogen and oxygen atoms in total. The molecule has 1 aliphatic rings. The minimum atomic E-state index is -3.66. The van der Waals surface area contributed by atoms with E-state index < -0.39 is 10.0 Å². The Labute approximate surface area is 152 Å². The van der Waals surface area contributed by atoms with E-state index in [0.29, 0.717) is 29.4 Å². The minimum Gasteiger partial charge on any atom is -0.494 e. The molecule has 2 N–H and O–H groups in total. The molecule has 0 saturated heterocycles. The molecule has 0 aliphatic carbocycles. The highest BCUT2D eigenvalue weighted by atomic mass is 32.2. The zero-order valence-corrected chi connectivity index (χ0v) is 15.1. The Morgan fingerprint density at radius 1 is 1.12 bits per heavy atom. The topological polar surface area (TPSA) is 93.7 Å². The quantitative estimate of drug-likeness (QED) is 0.687. The van der Waals surface area contributed by atoms with Gasteiger partial charge < -0.3 is 14.8 Å². The fraction of sp³-hybridized carbons (Fsp3) is 0.278. The molecule has 0 fully saturated rings. The molecule has 0 atom stereocenters. The third-order valence-corrected chi connectivity index (χ3v) is 5.25. The SMILES string of the molecule is CCOc1cccc(OCCNS(=O)(=O)c2ccc3c(c2)CC(=O)N3)c1. The molecule has 2 aromatic rings. The van der Waals surface area contributed by atoms with E-state index in [0.717, 1.165) is 0 Å². The van der Waals surface area contributed by atoms with Crippen LogP contribution in [0.15, 0.2) is 47.4 Å². The summed E-state index contributed by atoms with van der Waals surface area (Å²) in [5.74, 6) is 1.18. The highest BCUT2D eigenvalue weighted by Crippen LogP contribution is 2.25. The number of sulfonamides is 1. The summed E-state index contributed by atoms with van der Waals surface area (Å²) in [4.78, 5) is 11.5. The molecule has 0 bridgehead atoms. The molecule has 0 radical (unpaired) electrons. The van der Waals surface area contributed by atoms with Crippen molar-refractivity contribution in [1.82, 2.24) is 4.72 Å². The number of ether oxygens (including phenoxy) is 2. The van der Waals surface area contributed by atoms with Crippen LogP contribution in [0.4, 0.5) is 5.69 Å². The number of hydrogen-bond donors (Lipinski definition) is 2. The Morgan fingerprint density at radius 2 is 1.88 bits per heavy atom. The highest BCUT2D eigenvalue weighted by Gasteiger charge is 2.21. The number of amides is 1. The van der Waals surface area contributed by atoms with E-state index >= 15 is 0 Å². The van der Waals surface area contributed by atoms with E-state index in [2.05, 4.69) is 10.0 Å². The Balaban J connectivity index is 1.55. The van der Waals surface area contributed by atoms with Crippen LogP contribution in [0.3, 0.4) is 0 Å². The second kappa shape index (κ2) is 7.76. The average Bonchev–Trinajstić information content (AvgIpc) is 2.98. The molecule has 1 aliphatic heterocycles. The number of anilines is 1. The molecule has 8 heteroatoms. The summed E-state index contributed by atoms with van der Waals surface area (Å²) in [6, 6.07) is 11.8. The molecule has 3 rings (SSSR count). The molecule has 2 aromatic carbocycles. The van der Waals surface area contributed by atoms with Crippen molar-refractivity contribution in [3.05, 3.63) is 48.0 Å². The zero-order valence-electron chi connectivity index (χ0n) is 14.3. The van der Waals surface area contributed by atoms with Crippen molar-refractivity contribution in [3.8, 4) is 11.5 Å². The molecule has 0 saturated carbocycles. The predicted octanol–water partition coefficient (Wildman–Crippen LogP) is 1.94. The Kier molecular flexibility index (Phi) is 5.43. The smallest absolute Gasteiger partial charge is 0.240 e. The van der Waals surface area contributed by atoms with Crippen molar-refractivity contribution in [1.29, 1.82) is 0 Å². The van der Waals surface area contributed by atoms with Gasteiger partial charge in [0.15, 0.2) is 0 Å². The first kappa shape index (κ1) is 18.2. The van der Waals surface area contributed by atoms with E-state index in [-0.39, 0.29) is 30.4 Å². The summed E-state index contributed by atoms with van der Waals surface area (Å²) in [5.41, 5.74) is 1.34. The van der Waals surface area contributed by atoms with Gasteiger partial charge in [-0.05, 0) is 42.8 Å². The van der Waals surface area contributed by atoms with Gasteiger partial charge >= 0.3 is 0 Å². The lowest BCUT2D eigenvalue weighted by Gasteiger charge is -2.10. The molecule has 0 unspecified atom stereocenters. The monoisotopic (exact) mass is 376 g/mol. The van der Waals surface area contributed by atoms with Crippen LogP contribution in [0, 0.1) is 0 Å². The van der Waals surface area contributed by atoms with Crippen LogP contribution in [-0.4, -0.2) is 34.1 Å². The van der Waals surface area contributed by atoms with E-state index in [1.54, 1.807) is 18.2 Å². The third-order valence-electron chi connectivity index (χ3n) is 3.79. The maximum Gasteiger partial charge on any atom is 0.240 e. The first-order valence-electron chi connectivity index (χ1n) is 8.26. The number of benzene rings is 2. The van der Waals surface area contributed by atoms with Gasteiger partial charge in [0.05, 0.1) is 17.9 Å². The maximum atomic E-state index is 12.4. The third kappa shape index (κ3) is 4.33. The van der Waals surface area contributed by atoms with Gasteiger partial charge in [0, 0.05) is 18.3 Å². The van der Waals surface area contributed by atoms with Gasteiger partial charge in [-0.25, -0.2) is 13.1 Å². The van der Waals surface area contributed by atoms with Crippen molar-refractivity contribution >= 4 is 21.6 Å². The largest absolute Gasteiger partial charge is 0.494 e. The number of carbonyl (C=O) groups is 1. The Bertz CT molecular complexity index is 912. The standard InChI is InChI=1S/C18H20N2O5S/c1-2-24-14-4-3-5-15(12-14)25-9-8-19-26(22,23)16-6-7-17-13(10-16)11-18(21)20-17/h3-7,10,12,19H,2,8-9,11H2,1H3,(H,20,21). The molecular formula is C18H20N2O5S. The van der Waals surface area contributed by atoms with E-state index in [1.165, 1.54) is 12.1 Å². The normalized spacial score (nSPS) is 13.2. The average molecular weight is 376 g/mol. The molecule has 0 spiro atoms. The van der Waals surface area contributed by atoms with Crippen LogP contribution in [0.5, 0.6) is 11.5 Å². The van der Waals surface area contributed by atoms with Crippen LogP contribution < -0.4 is 19.5 Å². The van der Waals surface area contributed by atoms with E-state index in [1.807, 2.05) is 19.1 Å². The lowest BCUT2D eigenvalue weighted by atomic mass is 10.2. The first-order chi connectivity index (χ1) is 12.5. The lowest BCUT2D eigenvalue weighted by molar-refractivity contribution is -0.115. The van der Waals surface area contributed by atoms with E-state index in [9.17, 15) is 13.2 Å². The van der Waals surface area contributed by atoms with Crippen LogP contribution in [0.2, 0.25) is 0 Å². The fourth-order valence-electron chi connectivity index (χ4n) is 2.62. The first-order valence-corrected chi connectivity index (χ1v) is 9.74. The number of fused-ring (bicyclic) bond motifs is 1. The van der Waals surface area contributed by atoms with Crippen molar-refractivity contribution in [3.63, 3.8) is 0 Å². The number of rotatable bonds is 8. The van der Waals surface area contributed by atoms with Crippen molar-refractivity contribution < 1.29 is 22.7 Å². The van der Waals surface area contributed by atoms with Crippen LogP contribution in [-0.2, 0) is 21.2 Å². The number of carbonyl (C=O) groups excluding carboxylic acids is 1. The van der Waals surface area contributed by atoms with Crippen molar-refractivity contribution in [2.45, 2.75) is 18.2 Å². The Morgan fingerprint density at radius 3 is 2.65 bits per heavy atom. The maximum absolute atomic E-state index is 12.4. The second-order valence-corrected chi connectivity index (χ2v) is 7.46. The number of nitrogens with one attached hydrogen (secondary N) is 2. The predicted molar refractivity (Wildman–Crippen MR) is 97.1 cm³/mol. The molecule has 1 amide bonds. The van der Waals surface area contributed by atoms with Gasteiger partial charge in [0.1, 0.15) is 18.1 Å². The van der Waals surface area contributed by atoms with Gasteiger partial charge in [-0.2, -0.15) is 0 Å². The minimum absolute atomic E-state index is 0.120.